The average Bonchev–Trinajstić information content (AvgIpc) is 2.86. The largest absolute Gasteiger partial charge is 0.338 e. The molecule has 2 rings (SSSR count). The molecule has 1 saturated carbocycles. The number of hydrogen-bond acceptors (Lipinski definition) is 4. The van der Waals surface area contributed by atoms with Crippen molar-refractivity contribution in [2.45, 2.75) is 64.5 Å². The van der Waals surface area contributed by atoms with Crippen molar-refractivity contribution >= 4 is 15.7 Å². The van der Waals surface area contributed by atoms with Gasteiger partial charge in [-0.3, -0.25) is 9.69 Å². The number of likely N-dealkylation sites (N-methyl/N-ethyl adjacent to an activating group) is 2. The second-order valence-corrected chi connectivity index (χ2v) is 8.82. The lowest BCUT2D eigenvalue weighted by Crippen LogP contribution is -2.48. The lowest BCUT2D eigenvalue weighted by molar-refractivity contribution is -0.134. The molecule has 0 bridgehead atoms. The molecule has 6 heteroatoms. The molecule has 1 saturated heterocycles. The van der Waals surface area contributed by atoms with E-state index in [4.69, 9.17) is 0 Å². The first-order valence-electron chi connectivity index (χ1n) is 8.70. The lowest BCUT2D eigenvalue weighted by Gasteiger charge is -2.35. The van der Waals surface area contributed by atoms with Crippen LogP contribution in [0.5, 0.6) is 0 Å². The standard InChI is InChI=1S/C16H30N2O3S/c1-3-17(14-8-6-5-7-9-14)12-16(19)18(4-2)15-10-11-22(20,21)13-15/h14-15H,3-13H2,1-2H3. The minimum Gasteiger partial charge on any atom is -0.338 e. The van der Waals surface area contributed by atoms with Crippen LogP contribution in [0.2, 0.25) is 0 Å². The molecule has 1 aliphatic carbocycles. The third kappa shape index (κ3) is 4.44. The number of carbonyl (C=O) groups is 1. The summed E-state index contributed by atoms with van der Waals surface area (Å²) >= 11 is 0. The summed E-state index contributed by atoms with van der Waals surface area (Å²) in [5, 5.41) is 0. The van der Waals surface area contributed by atoms with Gasteiger partial charge in [-0.05, 0) is 32.7 Å². The Morgan fingerprint density at radius 1 is 1.00 bits per heavy atom. The highest BCUT2D eigenvalue weighted by atomic mass is 32.2. The Balaban J connectivity index is 1.95. The summed E-state index contributed by atoms with van der Waals surface area (Å²) in [6, 6.07) is 0.404. The highest BCUT2D eigenvalue weighted by Gasteiger charge is 2.34. The van der Waals surface area contributed by atoms with Crippen LogP contribution in [0, 0.1) is 0 Å². The molecule has 1 heterocycles. The molecule has 22 heavy (non-hydrogen) atoms. The van der Waals surface area contributed by atoms with E-state index in [1.165, 1.54) is 32.1 Å². The number of rotatable bonds is 6. The van der Waals surface area contributed by atoms with Crippen LogP contribution in [0.25, 0.3) is 0 Å². The molecule has 0 aromatic rings. The predicted molar refractivity (Wildman–Crippen MR) is 88.6 cm³/mol. The topological polar surface area (TPSA) is 57.7 Å². The summed E-state index contributed by atoms with van der Waals surface area (Å²) in [5.41, 5.74) is 0. The van der Waals surface area contributed by atoms with E-state index in [-0.39, 0.29) is 23.5 Å². The normalized spacial score (nSPS) is 25.5. The van der Waals surface area contributed by atoms with E-state index in [0.29, 0.717) is 25.6 Å². The number of sulfone groups is 1. The first-order valence-corrected chi connectivity index (χ1v) is 10.5. The van der Waals surface area contributed by atoms with Crippen molar-refractivity contribution in [2.75, 3.05) is 31.1 Å². The minimum absolute atomic E-state index is 0.0945. The zero-order chi connectivity index (χ0) is 16.2. The number of nitrogens with zero attached hydrogens (tertiary/aromatic N) is 2. The van der Waals surface area contributed by atoms with Crippen LogP contribution < -0.4 is 0 Å². The Labute approximate surface area is 135 Å². The fourth-order valence-electron chi connectivity index (χ4n) is 3.87. The second-order valence-electron chi connectivity index (χ2n) is 6.59. The van der Waals surface area contributed by atoms with Crippen molar-refractivity contribution in [1.82, 2.24) is 9.80 Å². The Hall–Kier alpha value is -0.620. The Bertz CT molecular complexity index is 472. The van der Waals surface area contributed by atoms with Crippen molar-refractivity contribution < 1.29 is 13.2 Å². The predicted octanol–water partition coefficient (Wildman–Crippen LogP) is 1.68. The quantitative estimate of drug-likeness (QED) is 0.743. The monoisotopic (exact) mass is 330 g/mol. The van der Waals surface area contributed by atoms with Crippen LogP contribution in [-0.2, 0) is 14.6 Å². The fourth-order valence-corrected chi connectivity index (χ4v) is 5.60. The SMILES string of the molecule is CCN(CC(=O)N(CC)C1CCS(=O)(=O)C1)C1CCCCC1. The Morgan fingerprint density at radius 3 is 2.18 bits per heavy atom. The van der Waals surface area contributed by atoms with Gasteiger partial charge in [0.05, 0.1) is 18.1 Å². The minimum atomic E-state index is -2.95. The molecule has 0 spiro atoms. The van der Waals surface area contributed by atoms with Crippen molar-refractivity contribution in [2.24, 2.45) is 0 Å². The Morgan fingerprint density at radius 2 is 1.68 bits per heavy atom. The van der Waals surface area contributed by atoms with Gasteiger partial charge in [0.25, 0.3) is 0 Å². The zero-order valence-electron chi connectivity index (χ0n) is 14.0. The summed E-state index contributed by atoms with van der Waals surface area (Å²) in [4.78, 5) is 16.7. The van der Waals surface area contributed by atoms with E-state index >= 15 is 0 Å². The van der Waals surface area contributed by atoms with Crippen LogP contribution in [0.1, 0.15) is 52.4 Å². The van der Waals surface area contributed by atoms with Crippen LogP contribution >= 0.6 is 0 Å². The van der Waals surface area contributed by atoms with Crippen LogP contribution in [0.4, 0.5) is 0 Å². The first-order chi connectivity index (χ1) is 10.5. The number of amides is 1. The maximum Gasteiger partial charge on any atom is 0.237 e. The van der Waals surface area contributed by atoms with Gasteiger partial charge in [0.15, 0.2) is 9.84 Å². The molecule has 128 valence electrons. The van der Waals surface area contributed by atoms with Crippen molar-refractivity contribution in [3.05, 3.63) is 0 Å². The van der Waals surface area contributed by atoms with E-state index in [1.807, 2.05) is 6.92 Å². The van der Waals surface area contributed by atoms with Crippen LogP contribution in [-0.4, -0.2) is 67.3 Å². The van der Waals surface area contributed by atoms with Gasteiger partial charge in [-0.2, -0.15) is 0 Å². The zero-order valence-corrected chi connectivity index (χ0v) is 14.8. The maximum atomic E-state index is 12.7. The molecule has 1 amide bonds. The number of carbonyl (C=O) groups excluding carboxylic acids is 1. The van der Waals surface area contributed by atoms with Gasteiger partial charge in [0.2, 0.25) is 5.91 Å². The molecular weight excluding hydrogens is 300 g/mol. The van der Waals surface area contributed by atoms with Gasteiger partial charge in [0, 0.05) is 18.6 Å². The average molecular weight is 330 g/mol. The van der Waals surface area contributed by atoms with Gasteiger partial charge >= 0.3 is 0 Å². The van der Waals surface area contributed by atoms with E-state index in [9.17, 15) is 13.2 Å². The van der Waals surface area contributed by atoms with E-state index in [0.717, 1.165) is 6.54 Å². The third-order valence-electron chi connectivity index (χ3n) is 5.15. The highest BCUT2D eigenvalue weighted by Crippen LogP contribution is 2.23. The summed E-state index contributed by atoms with van der Waals surface area (Å²) in [6.07, 6.45) is 6.79. The molecule has 0 radical (unpaired) electrons. The smallest absolute Gasteiger partial charge is 0.237 e. The van der Waals surface area contributed by atoms with E-state index in [1.54, 1.807) is 4.90 Å². The molecule has 5 nitrogen and oxygen atoms in total. The molecule has 1 aliphatic heterocycles. The van der Waals surface area contributed by atoms with E-state index < -0.39 is 9.84 Å². The summed E-state index contributed by atoms with van der Waals surface area (Å²) in [6.45, 7) is 5.97. The Kier molecular flexibility index (Phi) is 6.26. The van der Waals surface area contributed by atoms with Crippen LogP contribution in [0.3, 0.4) is 0 Å². The molecule has 2 aliphatic rings. The second kappa shape index (κ2) is 7.77. The van der Waals surface area contributed by atoms with Crippen LogP contribution in [0.15, 0.2) is 0 Å². The third-order valence-corrected chi connectivity index (χ3v) is 6.90. The van der Waals surface area contributed by atoms with Gasteiger partial charge in [-0.1, -0.05) is 26.2 Å². The lowest BCUT2D eigenvalue weighted by atomic mass is 9.94. The van der Waals surface area contributed by atoms with Gasteiger partial charge in [-0.25, -0.2) is 8.42 Å². The van der Waals surface area contributed by atoms with E-state index in [2.05, 4.69) is 11.8 Å². The molecule has 0 aromatic carbocycles. The van der Waals surface area contributed by atoms with Crippen molar-refractivity contribution in [3.8, 4) is 0 Å². The molecule has 1 unspecified atom stereocenters. The highest BCUT2D eigenvalue weighted by molar-refractivity contribution is 7.91. The molecule has 2 fully saturated rings. The van der Waals surface area contributed by atoms with Gasteiger partial charge in [0.1, 0.15) is 0 Å². The van der Waals surface area contributed by atoms with Crippen molar-refractivity contribution in [3.63, 3.8) is 0 Å². The van der Waals surface area contributed by atoms with Gasteiger partial charge < -0.3 is 4.90 Å². The molecule has 1 atom stereocenters. The van der Waals surface area contributed by atoms with Crippen molar-refractivity contribution in [1.29, 1.82) is 0 Å². The summed E-state index contributed by atoms with van der Waals surface area (Å²) in [7, 11) is -2.95. The first kappa shape index (κ1) is 17.7. The molecule has 0 aromatic heterocycles. The fraction of sp³-hybridized carbons (Fsp3) is 0.938. The molecule has 0 N–H and O–H groups in total. The molecular formula is C16H30N2O3S. The summed E-state index contributed by atoms with van der Waals surface area (Å²) in [5.74, 6) is 0.459. The van der Waals surface area contributed by atoms with Gasteiger partial charge in [-0.15, -0.1) is 0 Å². The maximum absolute atomic E-state index is 12.7. The summed E-state index contributed by atoms with van der Waals surface area (Å²) < 4.78 is 23.3. The number of hydrogen-bond donors (Lipinski definition) is 0.